The van der Waals surface area contributed by atoms with Crippen molar-refractivity contribution in [1.29, 1.82) is 0 Å². The molecule has 0 fully saturated rings. The van der Waals surface area contributed by atoms with Gasteiger partial charge in [0.05, 0.1) is 44.0 Å². The van der Waals surface area contributed by atoms with E-state index in [0.29, 0.717) is 35.0 Å². The van der Waals surface area contributed by atoms with E-state index in [0.717, 1.165) is 24.8 Å². The van der Waals surface area contributed by atoms with Crippen LogP contribution < -0.4 is 20.1 Å². The molecule has 1 aliphatic heterocycles. The molecule has 11 heteroatoms. The highest BCUT2D eigenvalue weighted by Gasteiger charge is 2.31. The lowest BCUT2D eigenvalue weighted by Gasteiger charge is -2.35. The monoisotopic (exact) mass is 674 g/mol. The Labute approximate surface area is 289 Å². The number of rotatable bonds is 9. The van der Waals surface area contributed by atoms with Crippen molar-refractivity contribution in [3.8, 4) is 11.5 Å². The lowest BCUT2D eigenvalue weighted by Crippen LogP contribution is -2.48. The summed E-state index contributed by atoms with van der Waals surface area (Å²) in [5, 5.41) is 16.1. The maximum atomic E-state index is 14.4. The lowest BCUT2D eigenvalue weighted by atomic mass is 10.0. The van der Waals surface area contributed by atoms with Gasteiger partial charge in [-0.25, -0.2) is 4.79 Å². The van der Waals surface area contributed by atoms with Crippen LogP contribution in [0.5, 0.6) is 11.5 Å². The number of nitrogens with zero attached hydrogens (tertiary/aromatic N) is 2. The van der Waals surface area contributed by atoms with Crippen molar-refractivity contribution in [1.82, 2.24) is 9.80 Å². The molecule has 264 valence electrons. The van der Waals surface area contributed by atoms with Gasteiger partial charge in [0, 0.05) is 44.0 Å². The number of nitrogens with one attached hydrogen (secondary N) is 2. The van der Waals surface area contributed by atoms with Gasteiger partial charge in [-0.1, -0.05) is 37.3 Å². The van der Waals surface area contributed by atoms with Gasteiger partial charge < -0.3 is 39.8 Å². The van der Waals surface area contributed by atoms with E-state index in [1.165, 1.54) is 0 Å². The molecule has 0 bridgehead atoms. The van der Waals surface area contributed by atoms with Gasteiger partial charge in [-0.3, -0.25) is 9.59 Å². The molecule has 0 saturated carbocycles. The van der Waals surface area contributed by atoms with Crippen molar-refractivity contribution in [3.63, 3.8) is 0 Å². The van der Waals surface area contributed by atoms with Crippen molar-refractivity contribution in [2.24, 2.45) is 5.92 Å². The summed E-state index contributed by atoms with van der Waals surface area (Å²) in [4.78, 5) is 43.6. The molecule has 3 aromatic rings. The average molecular weight is 675 g/mol. The lowest BCUT2D eigenvalue weighted by molar-refractivity contribution is -0.115. The zero-order valence-electron chi connectivity index (χ0n) is 29.2. The SMILES string of the molecule is COc1ccc(NC(=O)N(C)C[C@H]2OCCCC[C@@H](C)Oc3ccc(NC(=O)Cc4ccccc4)cc3C(=O)N([C@@H](C)CO)C[C@@H]2C)cc1. The van der Waals surface area contributed by atoms with Crippen LogP contribution in [0.2, 0.25) is 0 Å². The summed E-state index contributed by atoms with van der Waals surface area (Å²) >= 11 is 0. The molecule has 3 aromatic carbocycles. The number of likely N-dealkylation sites (N-methyl/N-ethyl adjacent to an activating group) is 1. The van der Waals surface area contributed by atoms with Crippen LogP contribution >= 0.6 is 0 Å². The molecule has 3 N–H and O–H groups in total. The van der Waals surface area contributed by atoms with E-state index in [4.69, 9.17) is 14.2 Å². The molecule has 0 unspecified atom stereocenters. The predicted octanol–water partition coefficient (Wildman–Crippen LogP) is 5.84. The van der Waals surface area contributed by atoms with E-state index in [2.05, 4.69) is 10.6 Å². The van der Waals surface area contributed by atoms with Gasteiger partial charge in [-0.05, 0) is 81.1 Å². The molecule has 49 heavy (non-hydrogen) atoms. The van der Waals surface area contributed by atoms with Gasteiger partial charge in [-0.15, -0.1) is 0 Å². The first-order chi connectivity index (χ1) is 23.6. The minimum Gasteiger partial charge on any atom is -0.497 e. The van der Waals surface area contributed by atoms with Gasteiger partial charge in [0.25, 0.3) is 5.91 Å². The van der Waals surface area contributed by atoms with Crippen LogP contribution in [0.4, 0.5) is 16.2 Å². The Morgan fingerprint density at radius 2 is 1.73 bits per heavy atom. The third-order valence-electron chi connectivity index (χ3n) is 8.68. The zero-order chi connectivity index (χ0) is 35.3. The molecule has 0 spiro atoms. The fraction of sp³-hybridized carbons (Fsp3) is 0.447. The molecular weight excluding hydrogens is 624 g/mol. The third-order valence-corrected chi connectivity index (χ3v) is 8.68. The molecule has 1 aliphatic rings. The van der Waals surface area contributed by atoms with E-state index in [1.54, 1.807) is 73.3 Å². The van der Waals surface area contributed by atoms with Gasteiger partial charge in [0.15, 0.2) is 0 Å². The van der Waals surface area contributed by atoms with Crippen LogP contribution in [0.15, 0.2) is 72.8 Å². The van der Waals surface area contributed by atoms with E-state index in [9.17, 15) is 19.5 Å². The topological polar surface area (TPSA) is 130 Å². The summed E-state index contributed by atoms with van der Waals surface area (Å²) in [6, 6.07) is 20.8. The van der Waals surface area contributed by atoms with Crippen LogP contribution in [0, 0.1) is 5.92 Å². The molecule has 0 radical (unpaired) electrons. The smallest absolute Gasteiger partial charge is 0.321 e. The second kappa shape index (κ2) is 18.2. The third kappa shape index (κ3) is 11.0. The number of carbonyl (C=O) groups excluding carboxylic acids is 3. The molecule has 0 aromatic heterocycles. The van der Waals surface area contributed by atoms with Crippen LogP contribution in [0.3, 0.4) is 0 Å². The van der Waals surface area contributed by atoms with Crippen molar-refractivity contribution in [3.05, 3.63) is 83.9 Å². The number of hydrogen-bond donors (Lipinski definition) is 3. The summed E-state index contributed by atoms with van der Waals surface area (Å²) in [6.45, 7) is 6.50. The molecule has 1 heterocycles. The Bertz CT molecular complexity index is 1520. The first-order valence-electron chi connectivity index (χ1n) is 16.9. The molecule has 11 nitrogen and oxygen atoms in total. The molecule has 4 atom stereocenters. The Morgan fingerprint density at radius 3 is 2.43 bits per heavy atom. The zero-order valence-corrected chi connectivity index (χ0v) is 29.2. The highest BCUT2D eigenvalue weighted by Crippen LogP contribution is 2.29. The van der Waals surface area contributed by atoms with Gasteiger partial charge in [-0.2, -0.15) is 0 Å². The highest BCUT2D eigenvalue weighted by molar-refractivity contribution is 6.00. The first kappa shape index (κ1) is 37.2. The number of hydrogen-bond acceptors (Lipinski definition) is 7. The first-order valence-corrected chi connectivity index (χ1v) is 16.9. The standard InChI is InChI=1S/C38H50N4O7/c1-26-23-42(27(2)25-43)37(45)33-22-31(39-36(44)21-29-12-7-6-8-13-29)16-19-34(33)49-28(3)11-9-10-20-48-35(26)24-41(4)38(46)40-30-14-17-32(47-5)18-15-30/h6-8,12-19,22,26-28,35,43H,9-11,20-21,23-25H2,1-5H3,(H,39,44)(H,40,46)/t26-,27-,28+,35+/m0/s1. The van der Waals surface area contributed by atoms with Crippen LogP contribution in [-0.4, -0.2) is 91.5 Å². The molecular formula is C38H50N4O7. The summed E-state index contributed by atoms with van der Waals surface area (Å²) < 4.78 is 17.9. The quantitative estimate of drug-likeness (QED) is 0.260. The maximum Gasteiger partial charge on any atom is 0.321 e. The minimum atomic E-state index is -0.527. The van der Waals surface area contributed by atoms with Crippen LogP contribution in [-0.2, 0) is 16.0 Å². The Balaban J connectivity index is 1.56. The van der Waals surface area contributed by atoms with Crippen molar-refractivity contribution in [2.75, 3.05) is 51.1 Å². The number of aliphatic hydroxyl groups is 1. The molecule has 4 rings (SSSR count). The second-order valence-electron chi connectivity index (χ2n) is 12.8. The van der Waals surface area contributed by atoms with Crippen molar-refractivity contribution < 1.29 is 33.7 Å². The summed E-state index contributed by atoms with van der Waals surface area (Å²) in [7, 11) is 3.30. The van der Waals surface area contributed by atoms with Gasteiger partial charge in [0.2, 0.25) is 5.91 Å². The highest BCUT2D eigenvalue weighted by atomic mass is 16.5. The number of benzene rings is 3. The van der Waals surface area contributed by atoms with E-state index in [-0.39, 0.29) is 56.0 Å². The Morgan fingerprint density at radius 1 is 1.02 bits per heavy atom. The van der Waals surface area contributed by atoms with Crippen LogP contribution in [0.1, 0.15) is 56.0 Å². The van der Waals surface area contributed by atoms with E-state index >= 15 is 0 Å². The average Bonchev–Trinajstić information content (AvgIpc) is 3.10. The molecule has 4 amide bonds. The number of fused-ring (bicyclic) bond motifs is 1. The fourth-order valence-electron chi connectivity index (χ4n) is 5.70. The van der Waals surface area contributed by atoms with E-state index < -0.39 is 12.1 Å². The van der Waals surface area contributed by atoms with E-state index in [1.807, 2.05) is 44.2 Å². The van der Waals surface area contributed by atoms with Crippen LogP contribution in [0.25, 0.3) is 0 Å². The number of carbonyl (C=O) groups is 3. The van der Waals surface area contributed by atoms with Gasteiger partial charge in [0.1, 0.15) is 11.5 Å². The molecule has 0 saturated heterocycles. The second-order valence-corrected chi connectivity index (χ2v) is 12.8. The van der Waals surface area contributed by atoms with Crippen molar-refractivity contribution >= 4 is 29.2 Å². The normalized spacial score (nSPS) is 19.4. The Kier molecular flexibility index (Phi) is 13.8. The fourth-order valence-corrected chi connectivity index (χ4v) is 5.70. The number of aliphatic hydroxyl groups excluding tert-OH is 1. The minimum absolute atomic E-state index is 0.181. The number of ether oxygens (including phenoxy) is 3. The number of methoxy groups -OCH3 is 1. The largest absolute Gasteiger partial charge is 0.497 e. The summed E-state index contributed by atoms with van der Waals surface area (Å²) in [6.07, 6.45) is 2.01. The number of amides is 4. The summed E-state index contributed by atoms with van der Waals surface area (Å²) in [5.41, 5.74) is 2.28. The maximum absolute atomic E-state index is 14.4. The van der Waals surface area contributed by atoms with Crippen molar-refractivity contribution in [2.45, 2.75) is 64.7 Å². The van der Waals surface area contributed by atoms with Gasteiger partial charge >= 0.3 is 6.03 Å². The predicted molar refractivity (Wildman–Crippen MR) is 190 cm³/mol. The number of urea groups is 1. The summed E-state index contributed by atoms with van der Waals surface area (Å²) in [5.74, 6) is 0.353. The number of anilines is 2. The Hall–Kier alpha value is -4.61. The molecule has 0 aliphatic carbocycles.